The Labute approximate surface area is 544 Å². The lowest BCUT2D eigenvalue weighted by Gasteiger charge is -2.26. The van der Waals surface area contributed by atoms with Crippen molar-refractivity contribution in [2.45, 2.75) is 232 Å². The van der Waals surface area contributed by atoms with E-state index in [1.54, 1.807) is 0 Å². The number of aliphatic carboxylic acids is 1. The molecule has 0 spiro atoms. The molecule has 496 valence electrons. The lowest BCUT2D eigenvalue weighted by molar-refractivity contribution is -0.870. The van der Waals surface area contributed by atoms with Crippen molar-refractivity contribution in [1.82, 2.24) is 0 Å². The summed E-state index contributed by atoms with van der Waals surface area (Å²) in [4.78, 5) is 37.5. The van der Waals surface area contributed by atoms with Crippen LogP contribution in [-0.4, -0.2) is 82.3 Å². The number of unbranched alkanes of at least 4 members (excludes halogenated alkanes) is 11. The molecule has 9 heteroatoms. The average Bonchev–Trinajstić information content (AvgIpc) is 3.64. The van der Waals surface area contributed by atoms with E-state index >= 15 is 0 Å². The predicted octanol–water partition coefficient (Wildman–Crippen LogP) is 20.2. The molecule has 89 heavy (non-hydrogen) atoms. The van der Waals surface area contributed by atoms with Crippen LogP contribution in [0, 0.1) is 0 Å². The Bertz CT molecular complexity index is 2210. The van der Waals surface area contributed by atoms with Crippen molar-refractivity contribution in [3.05, 3.63) is 207 Å². The first-order valence-electron chi connectivity index (χ1n) is 34.2. The van der Waals surface area contributed by atoms with Crippen molar-refractivity contribution in [3.63, 3.8) is 0 Å². The zero-order chi connectivity index (χ0) is 64.7. The van der Waals surface area contributed by atoms with E-state index in [9.17, 15) is 19.5 Å². The summed E-state index contributed by atoms with van der Waals surface area (Å²) in [5, 5.41) is 11.8. The van der Waals surface area contributed by atoms with E-state index in [2.05, 4.69) is 220 Å². The minimum absolute atomic E-state index is 0.128. The van der Waals surface area contributed by atoms with Gasteiger partial charge in [0, 0.05) is 12.8 Å². The standard InChI is InChI=1S/C80H123NO8/c1-6-8-10-12-14-16-18-20-22-24-26-28-30-32-33-34-35-36-37-38-39-40-41-42-43-44-45-47-49-51-53-55-57-59-61-63-65-67-69-71-78(83)89-76(75-88-80(79(84)85)86-73-72-81(3,4)5)74-87-77(82)70-68-66-64-62-60-58-56-54-52-50-48-46-31-29-27-25-23-21-19-17-15-13-11-9-7-2/h8-11,14-17,20-23,26-29,32-33,35-36,38-39,41-42,44-46,48-49,51-52,54,58,60,76,80H,6-7,12-13,18-19,24-25,30-31,34,37,40,43,47,50,53,55-57,59,61-75H2,1-5H3/b10-8-,11-9-,16-14-,17-15-,22-20-,23-21-,28-26-,29-27-,33-32-,36-35-,39-38-,42-41-,45-44-,48-46-,51-49-,54-52-,60-58-. The van der Waals surface area contributed by atoms with E-state index in [1.807, 2.05) is 21.1 Å². The highest BCUT2D eigenvalue weighted by atomic mass is 16.7. The van der Waals surface area contributed by atoms with E-state index < -0.39 is 30.3 Å². The Balaban J connectivity index is 4.28. The summed E-state index contributed by atoms with van der Waals surface area (Å²) in [6.45, 7) is 4.44. The lowest BCUT2D eigenvalue weighted by atomic mass is 10.1. The van der Waals surface area contributed by atoms with Crippen LogP contribution >= 0.6 is 0 Å². The van der Waals surface area contributed by atoms with Gasteiger partial charge in [-0.3, -0.25) is 9.59 Å². The summed E-state index contributed by atoms with van der Waals surface area (Å²) >= 11 is 0. The first kappa shape index (κ1) is 82.9. The van der Waals surface area contributed by atoms with Crippen LogP contribution in [-0.2, 0) is 33.3 Å². The summed E-state index contributed by atoms with van der Waals surface area (Å²) in [5.41, 5.74) is 0. The smallest absolute Gasteiger partial charge is 0.306 e. The SMILES string of the molecule is CC/C=C\C/C=C\C/C=C\C/C=C\C/C=C\C/C=C\C/C=C\C/C=C\C/C=C\C/C=C\CCCCCCCCCCC(=O)OC(COC(=O)CCCCC/C=C\C/C=C\C/C=C\C/C=C\C/C=C\C/C=C\C/C=C\CC)COC(OCC[N+](C)(C)C)C(=O)[O-]. The second-order valence-electron chi connectivity index (χ2n) is 23.0. The van der Waals surface area contributed by atoms with Crippen molar-refractivity contribution in [2.75, 3.05) is 47.5 Å². The Hall–Kier alpha value is -6.13. The zero-order valence-electron chi connectivity index (χ0n) is 56.5. The fourth-order valence-corrected chi connectivity index (χ4v) is 8.37. The Kier molecular flexibility index (Phi) is 63.1. The van der Waals surface area contributed by atoms with E-state index in [4.69, 9.17) is 18.9 Å². The minimum Gasteiger partial charge on any atom is -0.545 e. The summed E-state index contributed by atoms with van der Waals surface area (Å²) < 4.78 is 22.7. The maximum atomic E-state index is 12.9. The van der Waals surface area contributed by atoms with Crippen LogP contribution in [0.2, 0.25) is 0 Å². The predicted molar refractivity (Wildman–Crippen MR) is 379 cm³/mol. The van der Waals surface area contributed by atoms with Gasteiger partial charge in [-0.05, 0) is 148 Å². The molecule has 2 atom stereocenters. The van der Waals surface area contributed by atoms with Crippen LogP contribution in [0.1, 0.15) is 219 Å². The molecule has 0 N–H and O–H groups in total. The number of carboxylic acids is 1. The molecule has 0 radical (unpaired) electrons. The first-order chi connectivity index (χ1) is 43.6. The van der Waals surface area contributed by atoms with Gasteiger partial charge in [0.1, 0.15) is 13.2 Å². The molecule has 0 bridgehead atoms. The van der Waals surface area contributed by atoms with Crippen LogP contribution in [0.3, 0.4) is 0 Å². The first-order valence-corrected chi connectivity index (χ1v) is 34.2. The van der Waals surface area contributed by atoms with Gasteiger partial charge in [0.15, 0.2) is 12.4 Å². The maximum absolute atomic E-state index is 12.9. The second kappa shape index (κ2) is 67.8. The number of carbonyl (C=O) groups is 3. The molecule has 0 saturated heterocycles. The summed E-state index contributed by atoms with van der Waals surface area (Å²) in [7, 11) is 5.90. The number of likely N-dealkylation sites (N-methyl/N-ethyl adjacent to an activating group) is 1. The van der Waals surface area contributed by atoms with Crippen molar-refractivity contribution in [3.8, 4) is 0 Å². The number of carbonyl (C=O) groups excluding carboxylic acids is 3. The molecule has 0 aromatic carbocycles. The fourth-order valence-electron chi connectivity index (χ4n) is 8.37. The van der Waals surface area contributed by atoms with Crippen molar-refractivity contribution >= 4 is 17.9 Å². The summed E-state index contributed by atoms with van der Waals surface area (Å²) in [5.74, 6) is -2.37. The molecule has 0 aliphatic heterocycles. The highest BCUT2D eigenvalue weighted by Crippen LogP contribution is 2.14. The number of ether oxygens (including phenoxy) is 4. The van der Waals surface area contributed by atoms with Gasteiger partial charge in [-0.15, -0.1) is 0 Å². The van der Waals surface area contributed by atoms with Gasteiger partial charge >= 0.3 is 11.9 Å². The highest BCUT2D eigenvalue weighted by molar-refractivity contribution is 5.70. The van der Waals surface area contributed by atoms with E-state index in [0.29, 0.717) is 23.9 Å². The van der Waals surface area contributed by atoms with Gasteiger partial charge < -0.3 is 33.3 Å². The molecule has 0 fully saturated rings. The normalized spacial score (nSPS) is 14.0. The number of esters is 2. The fraction of sp³-hybridized carbons (Fsp3) is 0.537. The molecule has 0 rings (SSSR count). The summed E-state index contributed by atoms with van der Waals surface area (Å²) in [6, 6.07) is 0. The van der Waals surface area contributed by atoms with E-state index in [0.717, 1.165) is 154 Å². The van der Waals surface area contributed by atoms with Crippen molar-refractivity contribution in [2.24, 2.45) is 0 Å². The van der Waals surface area contributed by atoms with Gasteiger partial charge in [0.05, 0.1) is 40.3 Å². The Morgan fingerprint density at radius 3 is 0.910 bits per heavy atom. The Morgan fingerprint density at radius 2 is 0.607 bits per heavy atom. The number of carboxylic acid groups (broad SMARTS) is 1. The summed E-state index contributed by atoms with van der Waals surface area (Å²) in [6.07, 6.45) is 103. The quantitative estimate of drug-likeness (QED) is 0.0195. The molecular weight excluding hydrogens is 1100 g/mol. The van der Waals surface area contributed by atoms with Crippen LogP contribution in [0.4, 0.5) is 0 Å². The third-order valence-corrected chi connectivity index (χ3v) is 13.5. The van der Waals surface area contributed by atoms with Crippen LogP contribution in [0.5, 0.6) is 0 Å². The number of hydrogen-bond acceptors (Lipinski definition) is 8. The third-order valence-electron chi connectivity index (χ3n) is 13.5. The van der Waals surface area contributed by atoms with E-state index in [-0.39, 0.29) is 32.7 Å². The van der Waals surface area contributed by atoms with Crippen LogP contribution in [0.25, 0.3) is 0 Å². The number of nitrogens with zero attached hydrogens (tertiary/aromatic N) is 1. The topological polar surface area (TPSA) is 111 Å². The van der Waals surface area contributed by atoms with Gasteiger partial charge in [0.2, 0.25) is 0 Å². The van der Waals surface area contributed by atoms with E-state index in [1.165, 1.54) is 25.7 Å². The molecule has 9 nitrogen and oxygen atoms in total. The Morgan fingerprint density at radius 1 is 0.337 bits per heavy atom. The molecular formula is C80H123NO8. The third kappa shape index (κ3) is 69.2. The molecule has 0 aromatic rings. The molecule has 0 amide bonds. The van der Waals surface area contributed by atoms with Crippen LogP contribution in [0.15, 0.2) is 207 Å². The van der Waals surface area contributed by atoms with Gasteiger partial charge in [-0.25, -0.2) is 0 Å². The van der Waals surface area contributed by atoms with Gasteiger partial charge in [-0.2, -0.15) is 0 Å². The largest absolute Gasteiger partial charge is 0.545 e. The second-order valence-corrected chi connectivity index (χ2v) is 23.0. The number of quaternary nitrogens is 1. The molecule has 2 unspecified atom stereocenters. The molecule has 0 aromatic heterocycles. The minimum atomic E-state index is -1.65. The van der Waals surface area contributed by atoms with Crippen molar-refractivity contribution in [1.29, 1.82) is 0 Å². The number of rotatable bonds is 60. The van der Waals surface area contributed by atoms with Crippen LogP contribution < -0.4 is 5.11 Å². The zero-order valence-corrected chi connectivity index (χ0v) is 56.5. The number of allylic oxidation sites excluding steroid dienone is 34. The van der Waals surface area contributed by atoms with Gasteiger partial charge in [-0.1, -0.05) is 265 Å². The van der Waals surface area contributed by atoms with Gasteiger partial charge in [0.25, 0.3) is 0 Å². The monoisotopic (exact) mass is 1230 g/mol. The number of hydrogen-bond donors (Lipinski definition) is 0. The lowest BCUT2D eigenvalue weighted by Crippen LogP contribution is -2.44. The maximum Gasteiger partial charge on any atom is 0.306 e. The molecule has 0 aliphatic rings. The van der Waals surface area contributed by atoms with Crippen molar-refractivity contribution < 1.29 is 42.9 Å². The molecule has 0 heterocycles. The highest BCUT2D eigenvalue weighted by Gasteiger charge is 2.22. The molecule has 0 saturated carbocycles. The molecule has 0 aliphatic carbocycles. The average molecular weight is 1230 g/mol.